The molecule has 1 atom stereocenters. The van der Waals surface area contributed by atoms with Gasteiger partial charge in [-0.1, -0.05) is 0 Å². The number of carbonyl (C=O) groups is 1. The van der Waals surface area contributed by atoms with Gasteiger partial charge < -0.3 is 10.0 Å². The van der Waals surface area contributed by atoms with Crippen molar-refractivity contribution in [3.8, 4) is 0 Å². The predicted molar refractivity (Wildman–Crippen MR) is 81.6 cm³/mol. The van der Waals surface area contributed by atoms with Crippen LogP contribution in [-0.2, 0) is 5.60 Å². The van der Waals surface area contributed by atoms with Gasteiger partial charge in [0.2, 0.25) is 0 Å². The monoisotopic (exact) mass is 312 g/mol. The summed E-state index contributed by atoms with van der Waals surface area (Å²) in [5.74, 6) is -0.206. The molecule has 0 aliphatic carbocycles. The van der Waals surface area contributed by atoms with Crippen LogP contribution in [0, 0.1) is 6.92 Å². The number of β-amino-alcohol motifs (C(OH)–C–C–N with tert-alkyl or cyclic N) is 1. The van der Waals surface area contributed by atoms with Gasteiger partial charge in [0.15, 0.2) is 0 Å². The third-order valence-electron chi connectivity index (χ3n) is 4.39. The number of aryl methyl sites for hydroxylation is 1. The molecule has 1 aliphatic rings. The number of likely N-dealkylation sites (tertiary alicyclic amines) is 1. The summed E-state index contributed by atoms with van der Waals surface area (Å²) in [6, 6.07) is 3.40. The lowest BCUT2D eigenvalue weighted by molar-refractivity contribution is 0.0381. The van der Waals surface area contributed by atoms with Crippen LogP contribution in [0.3, 0.4) is 0 Å². The fourth-order valence-electron chi connectivity index (χ4n) is 3.01. The van der Waals surface area contributed by atoms with Crippen LogP contribution in [0.25, 0.3) is 10.9 Å². The molecule has 0 aromatic carbocycles. The molecular formula is C15H16N6O2. The number of fused-ring (bicyclic) bond motifs is 1. The second kappa shape index (κ2) is 4.88. The van der Waals surface area contributed by atoms with Crippen molar-refractivity contribution in [1.82, 2.24) is 30.3 Å². The Morgan fingerprint density at radius 1 is 1.43 bits per heavy atom. The fraction of sp³-hybridized carbons (Fsp3) is 0.333. The van der Waals surface area contributed by atoms with Crippen LogP contribution in [0.15, 0.2) is 24.5 Å². The molecule has 0 bridgehead atoms. The molecule has 8 nitrogen and oxygen atoms in total. The number of hydrogen-bond donors (Lipinski definition) is 3. The lowest BCUT2D eigenvalue weighted by atomic mass is 9.99. The Balaban J connectivity index is 1.59. The molecule has 0 spiro atoms. The van der Waals surface area contributed by atoms with Gasteiger partial charge in [-0.25, -0.2) is 0 Å². The first-order valence-electron chi connectivity index (χ1n) is 7.39. The summed E-state index contributed by atoms with van der Waals surface area (Å²) < 4.78 is 0. The number of pyridine rings is 1. The number of aromatic amines is 2. The topological polar surface area (TPSA) is 111 Å². The number of nitrogens with zero attached hydrogens (tertiary/aromatic N) is 4. The minimum absolute atomic E-state index is 0.206. The Labute approximate surface area is 131 Å². The Bertz CT molecular complexity index is 871. The molecule has 8 heteroatoms. The Morgan fingerprint density at radius 3 is 3.09 bits per heavy atom. The van der Waals surface area contributed by atoms with Crippen LogP contribution in [0.1, 0.15) is 28.3 Å². The number of H-pyrrole nitrogens is 2. The number of carbonyl (C=O) groups excluding carboxylic acids is 1. The SMILES string of the molecule is Cc1[nH]nc2cc(C(=O)N3CCC(O)(c4ccn[nH]4)C3)ncc12. The van der Waals surface area contributed by atoms with Gasteiger partial charge in [-0.05, 0) is 19.1 Å². The normalized spacial score (nSPS) is 21.2. The lowest BCUT2D eigenvalue weighted by Crippen LogP contribution is -2.35. The van der Waals surface area contributed by atoms with E-state index in [9.17, 15) is 9.90 Å². The van der Waals surface area contributed by atoms with Crippen molar-refractivity contribution < 1.29 is 9.90 Å². The van der Waals surface area contributed by atoms with Crippen molar-refractivity contribution in [3.05, 3.63) is 41.6 Å². The van der Waals surface area contributed by atoms with Crippen LogP contribution in [0.5, 0.6) is 0 Å². The molecule has 3 N–H and O–H groups in total. The second-order valence-electron chi connectivity index (χ2n) is 5.91. The highest BCUT2D eigenvalue weighted by Gasteiger charge is 2.41. The van der Waals surface area contributed by atoms with Gasteiger partial charge in [-0.2, -0.15) is 10.2 Å². The number of nitrogens with one attached hydrogen (secondary N) is 2. The molecule has 3 aromatic heterocycles. The van der Waals surface area contributed by atoms with Crippen molar-refractivity contribution >= 4 is 16.8 Å². The lowest BCUT2D eigenvalue weighted by Gasteiger charge is -2.21. The van der Waals surface area contributed by atoms with Gasteiger partial charge in [0.25, 0.3) is 5.91 Å². The van der Waals surface area contributed by atoms with Crippen LogP contribution in [-0.4, -0.2) is 54.4 Å². The third-order valence-corrected chi connectivity index (χ3v) is 4.39. The Kier molecular flexibility index (Phi) is 2.95. The molecule has 1 saturated heterocycles. The van der Waals surface area contributed by atoms with Crippen LogP contribution < -0.4 is 0 Å². The standard InChI is InChI=1S/C15H16N6O2/c1-9-10-7-16-12(6-11(10)19-18-9)14(22)21-5-3-15(23,8-21)13-2-4-17-20-13/h2,4,6-7,23H,3,5,8H2,1H3,(H,17,20)(H,18,19). The van der Waals surface area contributed by atoms with E-state index in [0.29, 0.717) is 29.9 Å². The summed E-state index contributed by atoms with van der Waals surface area (Å²) in [4.78, 5) is 18.5. The van der Waals surface area contributed by atoms with E-state index in [0.717, 1.165) is 11.1 Å². The van der Waals surface area contributed by atoms with Gasteiger partial charge in [-0.3, -0.25) is 20.0 Å². The molecular weight excluding hydrogens is 296 g/mol. The van der Waals surface area contributed by atoms with Crippen LogP contribution >= 0.6 is 0 Å². The minimum Gasteiger partial charge on any atom is -0.382 e. The van der Waals surface area contributed by atoms with Crippen molar-refractivity contribution in [3.63, 3.8) is 0 Å². The highest BCUT2D eigenvalue weighted by atomic mass is 16.3. The maximum atomic E-state index is 12.6. The molecule has 0 radical (unpaired) electrons. The van der Waals surface area contributed by atoms with Gasteiger partial charge in [0.1, 0.15) is 11.3 Å². The van der Waals surface area contributed by atoms with E-state index in [-0.39, 0.29) is 12.5 Å². The Morgan fingerprint density at radius 2 is 2.30 bits per heavy atom. The van der Waals surface area contributed by atoms with Crippen molar-refractivity contribution in [2.24, 2.45) is 0 Å². The highest BCUT2D eigenvalue weighted by molar-refractivity contribution is 5.96. The molecule has 1 unspecified atom stereocenters. The summed E-state index contributed by atoms with van der Waals surface area (Å²) in [5.41, 5.74) is 1.50. The summed E-state index contributed by atoms with van der Waals surface area (Å²) in [6.07, 6.45) is 3.70. The van der Waals surface area contributed by atoms with Crippen LogP contribution in [0.4, 0.5) is 0 Å². The number of rotatable bonds is 2. The van der Waals surface area contributed by atoms with Gasteiger partial charge in [0, 0.05) is 36.4 Å². The molecule has 1 fully saturated rings. The summed E-state index contributed by atoms with van der Waals surface area (Å²) in [6.45, 7) is 2.59. The largest absolute Gasteiger partial charge is 0.382 e. The molecule has 118 valence electrons. The first-order valence-corrected chi connectivity index (χ1v) is 7.39. The average molecular weight is 312 g/mol. The van der Waals surface area contributed by atoms with Crippen molar-refractivity contribution in [1.29, 1.82) is 0 Å². The fourth-order valence-corrected chi connectivity index (χ4v) is 3.01. The maximum Gasteiger partial charge on any atom is 0.272 e. The Hall–Kier alpha value is -2.74. The zero-order chi connectivity index (χ0) is 16.0. The van der Waals surface area contributed by atoms with Crippen LogP contribution in [0.2, 0.25) is 0 Å². The van der Waals surface area contributed by atoms with Crippen molar-refractivity contribution in [2.45, 2.75) is 18.9 Å². The first-order chi connectivity index (χ1) is 11.1. The molecule has 3 aromatic rings. The number of hydrogen-bond acceptors (Lipinski definition) is 5. The zero-order valence-electron chi connectivity index (χ0n) is 12.6. The number of aliphatic hydroxyl groups is 1. The highest BCUT2D eigenvalue weighted by Crippen LogP contribution is 2.31. The van der Waals surface area contributed by atoms with Gasteiger partial charge in [-0.15, -0.1) is 0 Å². The van der Waals surface area contributed by atoms with E-state index >= 15 is 0 Å². The van der Waals surface area contributed by atoms with Gasteiger partial charge in [0.05, 0.1) is 17.8 Å². The average Bonchev–Trinajstić information content (AvgIpc) is 3.27. The molecule has 23 heavy (non-hydrogen) atoms. The van der Waals surface area contributed by atoms with E-state index in [1.807, 2.05) is 6.92 Å². The molecule has 1 amide bonds. The summed E-state index contributed by atoms with van der Waals surface area (Å²) >= 11 is 0. The quantitative estimate of drug-likeness (QED) is 0.646. The van der Waals surface area contributed by atoms with E-state index in [4.69, 9.17) is 0 Å². The summed E-state index contributed by atoms with van der Waals surface area (Å²) in [5, 5.41) is 25.3. The van der Waals surface area contributed by atoms with E-state index < -0.39 is 5.60 Å². The first kappa shape index (κ1) is 13.9. The maximum absolute atomic E-state index is 12.6. The third kappa shape index (κ3) is 2.18. The van der Waals surface area contributed by atoms with E-state index in [2.05, 4.69) is 25.4 Å². The number of aromatic nitrogens is 5. The zero-order valence-corrected chi connectivity index (χ0v) is 12.6. The molecule has 4 heterocycles. The molecule has 1 aliphatic heterocycles. The summed E-state index contributed by atoms with van der Waals surface area (Å²) in [7, 11) is 0. The number of amides is 1. The van der Waals surface area contributed by atoms with E-state index in [1.54, 1.807) is 29.4 Å². The second-order valence-corrected chi connectivity index (χ2v) is 5.91. The molecule has 4 rings (SSSR count). The minimum atomic E-state index is -1.08. The van der Waals surface area contributed by atoms with Gasteiger partial charge >= 0.3 is 0 Å². The predicted octanol–water partition coefficient (Wildman–Crippen LogP) is 0.723. The van der Waals surface area contributed by atoms with Crippen molar-refractivity contribution in [2.75, 3.05) is 13.1 Å². The molecule has 0 saturated carbocycles. The van der Waals surface area contributed by atoms with E-state index in [1.165, 1.54) is 0 Å². The smallest absolute Gasteiger partial charge is 0.272 e.